The van der Waals surface area contributed by atoms with Gasteiger partial charge in [-0.3, -0.25) is 4.79 Å². The molecule has 1 heterocycles. The van der Waals surface area contributed by atoms with Crippen LogP contribution in [0.25, 0.3) is 11.3 Å². The first-order valence-corrected chi connectivity index (χ1v) is 6.76. The van der Waals surface area contributed by atoms with E-state index in [-0.39, 0.29) is 17.4 Å². The standard InChI is InChI=1S/C17H14N2O3/c1-11-2-6-13(7-3-11)18-17(21)15-10-16(22-19-15)12-4-8-14(20)9-5-12/h2-10,20H,1H3,(H,18,21). The Morgan fingerprint density at radius 1 is 1.09 bits per heavy atom. The molecular formula is C17H14N2O3. The summed E-state index contributed by atoms with van der Waals surface area (Å²) in [7, 11) is 0. The molecule has 2 N–H and O–H groups in total. The Labute approximate surface area is 127 Å². The van der Waals surface area contributed by atoms with Crippen LogP contribution in [0.4, 0.5) is 5.69 Å². The lowest BCUT2D eigenvalue weighted by atomic mass is 10.1. The highest BCUT2D eigenvalue weighted by molar-refractivity contribution is 6.03. The average molecular weight is 294 g/mol. The van der Waals surface area contributed by atoms with Gasteiger partial charge in [0.05, 0.1) is 0 Å². The number of aromatic nitrogens is 1. The Kier molecular flexibility index (Phi) is 3.62. The predicted octanol–water partition coefficient (Wildman–Crippen LogP) is 3.61. The molecule has 5 heteroatoms. The van der Waals surface area contributed by atoms with E-state index in [0.29, 0.717) is 11.4 Å². The number of hydrogen-bond donors (Lipinski definition) is 2. The molecule has 0 saturated heterocycles. The third-order valence-electron chi connectivity index (χ3n) is 3.20. The summed E-state index contributed by atoms with van der Waals surface area (Å²) < 4.78 is 5.18. The summed E-state index contributed by atoms with van der Waals surface area (Å²) in [6.45, 7) is 1.98. The van der Waals surface area contributed by atoms with Crippen molar-refractivity contribution < 1.29 is 14.4 Å². The van der Waals surface area contributed by atoms with E-state index in [9.17, 15) is 9.90 Å². The predicted molar refractivity (Wildman–Crippen MR) is 82.7 cm³/mol. The fourth-order valence-corrected chi connectivity index (χ4v) is 1.98. The van der Waals surface area contributed by atoms with Crippen LogP contribution in [0.3, 0.4) is 0 Å². The number of rotatable bonds is 3. The number of anilines is 1. The molecule has 1 amide bonds. The third-order valence-corrected chi connectivity index (χ3v) is 3.20. The van der Waals surface area contributed by atoms with Gasteiger partial charge in [-0.25, -0.2) is 0 Å². The molecule has 0 aliphatic heterocycles. The molecule has 2 aromatic carbocycles. The summed E-state index contributed by atoms with van der Waals surface area (Å²) in [6, 6.07) is 15.5. The monoisotopic (exact) mass is 294 g/mol. The zero-order valence-corrected chi connectivity index (χ0v) is 11.9. The molecule has 3 rings (SSSR count). The number of nitrogens with zero attached hydrogens (tertiary/aromatic N) is 1. The Balaban J connectivity index is 1.76. The number of amides is 1. The van der Waals surface area contributed by atoms with Crippen LogP contribution < -0.4 is 5.32 Å². The maximum atomic E-state index is 12.1. The van der Waals surface area contributed by atoms with Crippen LogP contribution >= 0.6 is 0 Å². The zero-order chi connectivity index (χ0) is 15.5. The average Bonchev–Trinajstić information content (AvgIpc) is 3.00. The van der Waals surface area contributed by atoms with Crippen molar-refractivity contribution >= 4 is 11.6 Å². The molecule has 0 fully saturated rings. The lowest BCUT2D eigenvalue weighted by Crippen LogP contribution is -2.11. The van der Waals surface area contributed by atoms with E-state index in [4.69, 9.17) is 4.52 Å². The molecule has 3 aromatic rings. The molecular weight excluding hydrogens is 280 g/mol. The zero-order valence-electron chi connectivity index (χ0n) is 11.9. The Morgan fingerprint density at radius 3 is 2.45 bits per heavy atom. The van der Waals surface area contributed by atoms with E-state index in [1.165, 1.54) is 0 Å². The number of carbonyl (C=O) groups is 1. The van der Waals surface area contributed by atoms with Crippen molar-refractivity contribution in [3.05, 3.63) is 65.9 Å². The first kappa shape index (κ1) is 13.9. The minimum absolute atomic E-state index is 0.167. The van der Waals surface area contributed by atoms with Crippen molar-refractivity contribution in [1.82, 2.24) is 5.16 Å². The molecule has 0 spiro atoms. The smallest absolute Gasteiger partial charge is 0.277 e. The van der Waals surface area contributed by atoms with E-state index in [2.05, 4.69) is 10.5 Å². The minimum Gasteiger partial charge on any atom is -0.508 e. The summed E-state index contributed by atoms with van der Waals surface area (Å²) in [5.41, 5.74) is 2.75. The van der Waals surface area contributed by atoms with Gasteiger partial charge in [0.25, 0.3) is 5.91 Å². The maximum absolute atomic E-state index is 12.1. The van der Waals surface area contributed by atoms with Crippen LogP contribution in [0.15, 0.2) is 59.1 Å². The first-order valence-electron chi connectivity index (χ1n) is 6.76. The lowest BCUT2D eigenvalue weighted by Gasteiger charge is -2.02. The van der Waals surface area contributed by atoms with E-state index >= 15 is 0 Å². The van der Waals surface area contributed by atoms with E-state index in [1.807, 2.05) is 31.2 Å². The van der Waals surface area contributed by atoms with Gasteiger partial charge in [0, 0.05) is 17.3 Å². The highest BCUT2D eigenvalue weighted by Crippen LogP contribution is 2.23. The molecule has 0 unspecified atom stereocenters. The van der Waals surface area contributed by atoms with E-state index in [1.54, 1.807) is 30.3 Å². The SMILES string of the molecule is Cc1ccc(NC(=O)c2cc(-c3ccc(O)cc3)on2)cc1. The second kappa shape index (κ2) is 5.73. The number of aryl methyl sites for hydroxylation is 1. The second-order valence-corrected chi connectivity index (χ2v) is 4.94. The van der Waals surface area contributed by atoms with Gasteiger partial charge in [0.15, 0.2) is 11.5 Å². The van der Waals surface area contributed by atoms with Gasteiger partial charge in [0.1, 0.15) is 5.75 Å². The number of phenols is 1. The Morgan fingerprint density at radius 2 is 1.77 bits per heavy atom. The Hall–Kier alpha value is -3.08. The van der Waals surface area contributed by atoms with Gasteiger partial charge in [-0.2, -0.15) is 0 Å². The highest BCUT2D eigenvalue weighted by Gasteiger charge is 2.14. The van der Waals surface area contributed by atoms with E-state index in [0.717, 1.165) is 11.1 Å². The molecule has 0 bridgehead atoms. The van der Waals surface area contributed by atoms with Crippen LogP contribution in [0.2, 0.25) is 0 Å². The van der Waals surface area contributed by atoms with Gasteiger partial charge < -0.3 is 14.9 Å². The summed E-state index contributed by atoms with van der Waals surface area (Å²) in [5.74, 6) is 0.298. The van der Waals surface area contributed by atoms with Crippen LogP contribution in [0.5, 0.6) is 5.75 Å². The topological polar surface area (TPSA) is 75.4 Å². The van der Waals surface area contributed by atoms with Crippen molar-refractivity contribution in [2.75, 3.05) is 5.32 Å². The van der Waals surface area contributed by atoms with Crippen LogP contribution in [-0.2, 0) is 0 Å². The van der Waals surface area contributed by atoms with Crippen molar-refractivity contribution in [2.24, 2.45) is 0 Å². The van der Waals surface area contributed by atoms with Crippen molar-refractivity contribution in [1.29, 1.82) is 0 Å². The summed E-state index contributed by atoms with van der Waals surface area (Å²) >= 11 is 0. The fourth-order valence-electron chi connectivity index (χ4n) is 1.98. The summed E-state index contributed by atoms with van der Waals surface area (Å²) in [6.07, 6.45) is 0. The van der Waals surface area contributed by atoms with Crippen molar-refractivity contribution in [3.8, 4) is 17.1 Å². The number of hydrogen-bond acceptors (Lipinski definition) is 4. The van der Waals surface area contributed by atoms with Crippen molar-refractivity contribution in [2.45, 2.75) is 6.92 Å². The molecule has 0 atom stereocenters. The van der Waals surface area contributed by atoms with Crippen LogP contribution in [0.1, 0.15) is 16.1 Å². The molecule has 5 nitrogen and oxygen atoms in total. The largest absolute Gasteiger partial charge is 0.508 e. The number of phenolic OH excluding ortho intramolecular Hbond substituents is 1. The molecule has 0 radical (unpaired) electrons. The molecule has 22 heavy (non-hydrogen) atoms. The molecule has 1 aromatic heterocycles. The second-order valence-electron chi connectivity index (χ2n) is 4.94. The number of benzene rings is 2. The molecule has 110 valence electrons. The fraction of sp³-hybridized carbons (Fsp3) is 0.0588. The third kappa shape index (κ3) is 2.98. The van der Waals surface area contributed by atoms with Crippen molar-refractivity contribution in [3.63, 3.8) is 0 Å². The number of nitrogens with one attached hydrogen (secondary N) is 1. The highest BCUT2D eigenvalue weighted by atomic mass is 16.5. The van der Waals surface area contributed by atoms with E-state index < -0.39 is 0 Å². The van der Waals surface area contributed by atoms with Gasteiger partial charge in [0.2, 0.25) is 0 Å². The molecule has 0 aliphatic carbocycles. The van der Waals surface area contributed by atoms with Gasteiger partial charge in [-0.1, -0.05) is 22.9 Å². The van der Waals surface area contributed by atoms with Gasteiger partial charge in [-0.15, -0.1) is 0 Å². The quantitative estimate of drug-likeness (QED) is 0.773. The van der Waals surface area contributed by atoms with Crippen LogP contribution in [-0.4, -0.2) is 16.2 Å². The molecule has 0 aliphatic rings. The van der Waals surface area contributed by atoms with Crippen LogP contribution in [0, 0.1) is 6.92 Å². The number of aromatic hydroxyl groups is 1. The summed E-state index contributed by atoms with van der Waals surface area (Å²) in [5, 5.41) is 15.8. The lowest BCUT2D eigenvalue weighted by molar-refractivity contribution is 0.101. The maximum Gasteiger partial charge on any atom is 0.277 e. The minimum atomic E-state index is -0.336. The van der Waals surface area contributed by atoms with Gasteiger partial charge in [-0.05, 0) is 43.3 Å². The molecule has 0 saturated carbocycles. The first-order chi connectivity index (χ1) is 10.6. The normalized spacial score (nSPS) is 10.4. The number of carbonyl (C=O) groups excluding carboxylic acids is 1. The van der Waals surface area contributed by atoms with Gasteiger partial charge >= 0.3 is 0 Å². The Bertz CT molecular complexity index is 790. The summed E-state index contributed by atoms with van der Waals surface area (Å²) in [4.78, 5) is 12.1.